The third kappa shape index (κ3) is 4.29. The van der Waals surface area contributed by atoms with Crippen LogP contribution in [0.5, 0.6) is 0 Å². The van der Waals surface area contributed by atoms with Gasteiger partial charge in [-0.2, -0.15) is 0 Å². The minimum Gasteiger partial charge on any atom is -0.317 e. The molecular formula is C16H25FN2. The molecule has 0 saturated carbocycles. The molecule has 1 aliphatic rings. The summed E-state index contributed by atoms with van der Waals surface area (Å²) < 4.78 is 13.8. The molecule has 1 aromatic rings. The van der Waals surface area contributed by atoms with Crippen LogP contribution in [0.4, 0.5) is 4.39 Å². The van der Waals surface area contributed by atoms with E-state index < -0.39 is 0 Å². The lowest BCUT2D eigenvalue weighted by atomic mass is 9.97. The summed E-state index contributed by atoms with van der Waals surface area (Å²) in [6.07, 6.45) is 2.49. The van der Waals surface area contributed by atoms with Gasteiger partial charge in [-0.1, -0.05) is 24.6 Å². The average Bonchev–Trinajstić information content (AvgIpc) is 2.43. The van der Waals surface area contributed by atoms with Crippen LogP contribution in [0, 0.1) is 18.7 Å². The number of nitrogens with zero attached hydrogens (tertiary/aromatic N) is 1. The SMILES string of the molecule is CCN(Cc1cc(C)ccc1F)CC1CCNCC1. The first-order valence-electron chi connectivity index (χ1n) is 7.37. The summed E-state index contributed by atoms with van der Waals surface area (Å²) >= 11 is 0. The fraction of sp³-hybridized carbons (Fsp3) is 0.625. The molecular weight excluding hydrogens is 239 g/mol. The maximum absolute atomic E-state index is 13.8. The topological polar surface area (TPSA) is 15.3 Å². The maximum atomic E-state index is 13.8. The Morgan fingerprint density at radius 2 is 2.05 bits per heavy atom. The van der Waals surface area contributed by atoms with Crippen molar-refractivity contribution in [3.8, 4) is 0 Å². The van der Waals surface area contributed by atoms with Gasteiger partial charge >= 0.3 is 0 Å². The summed E-state index contributed by atoms with van der Waals surface area (Å²) in [4.78, 5) is 2.37. The van der Waals surface area contributed by atoms with Gasteiger partial charge in [0.2, 0.25) is 0 Å². The lowest BCUT2D eigenvalue weighted by Gasteiger charge is -2.29. The van der Waals surface area contributed by atoms with E-state index >= 15 is 0 Å². The molecule has 1 aromatic carbocycles. The van der Waals surface area contributed by atoms with E-state index in [-0.39, 0.29) is 5.82 Å². The first-order chi connectivity index (χ1) is 9.19. The van der Waals surface area contributed by atoms with Crippen LogP contribution in [0.2, 0.25) is 0 Å². The van der Waals surface area contributed by atoms with Gasteiger partial charge in [0.05, 0.1) is 0 Å². The van der Waals surface area contributed by atoms with Crippen molar-refractivity contribution in [2.75, 3.05) is 26.2 Å². The number of aryl methyl sites for hydroxylation is 1. The van der Waals surface area contributed by atoms with Gasteiger partial charge in [-0.25, -0.2) is 4.39 Å². The molecule has 1 aliphatic heterocycles. The van der Waals surface area contributed by atoms with E-state index in [1.807, 2.05) is 19.1 Å². The molecule has 0 bridgehead atoms. The molecule has 1 N–H and O–H groups in total. The molecule has 1 saturated heterocycles. The molecule has 0 atom stereocenters. The highest BCUT2D eigenvalue weighted by atomic mass is 19.1. The summed E-state index contributed by atoms with van der Waals surface area (Å²) in [5.41, 5.74) is 1.96. The normalized spacial score (nSPS) is 17.1. The lowest BCUT2D eigenvalue weighted by molar-refractivity contribution is 0.205. The number of hydrogen-bond acceptors (Lipinski definition) is 2. The monoisotopic (exact) mass is 264 g/mol. The Labute approximate surface area is 116 Å². The fourth-order valence-corrected chi connectivity index (χ4v) is 2.80. The van der Waals surface area contributed by atoms with Gasteiger partial charge < -0.3 is 5.32 Å². The summed E-state index contributed by atoms with van der Waals surface area (Å²) in [7, 11) is 0. The summed E-state index contributed by atoms with van der Waals surface area (Å²) in [5.74, 6) is 0.684. The van der Waals surface area contributed by atoms with Crippen molar-refractivity contribution >= 4 is 0 Å². The van der Waals surface area contributed by atoms with Crippen LogP contribution in [0.15, 0.2) is 18.2 Å². The van der Waals surface area contributed by atoms with E-state index in [4.69, 9.17) is 0 Å². The van der Waals surface area contributed by atoms with Crippen molar-refractivity contribution in [3.63, 3.8) is 0 Å². The van der Waals surface area contributed by atoms with Gasteiger partial charge in [-0.15, -0.1) is 0 Å². The summed E-state index contributed by atoms with van der Waals surface area (Å²) in [6.45, 7) is 9.24. The molecule has 0 radical (unpaired) electrons. The number of benzene rings is 1. The number of halogens is 1. The standard InChI is InChI=1S/C16H25FN2/c1-3-19(11-14-6-8-18-9-7-14)12-15-10-13(2)4-5-16(15)17/h4-5,10,14,18H,3,6-9,11-12H2,1-2H3. The third-order valence-electron chi connectivity index (χ3n) is 4.02. The first-order valence-corrected chi connectivity index (χ1v) is 7.37. The number of piperidine rings is 1. The zero-order chi connectivity index (χ0) is 13.7. The predicted octanol–water partition coefficient (Wildman–Crippen LogP) is 2.96. The molecule has 0 aliphatic carbocycles. The minimum atomic E-state index is -0.0747. The molecule has 2 rings (SSSR count). The largest absolute Gasteiger partial charge is 0.317 e. The fourth-order valence-electron chi connectivity index (χ4n) is 2.80. The first kappa shape index (κ1) is 14.5. The zero-order valence-electron chi connectivity index (χ0n) is 12.1. The van der Waals surface area contributed by atoms with Gasteiger partial charge in [-0.3, -0.25) is 4.90 Å². The Kier molecular flexibility index (Phi) is 5.34. The average molecular weight is 264 g/mol. The second-order valence-electron chi connectivity index (χ2n) is 5.62. The van der Waals surface area contributed by atoms with E-state index in [0.29, 0.717) is 0 Å². The van der Waals surface area contributed by atoms with Crippen molar-refractivity contribution in [2.24, 2.45) is 5.92 Å². The smallest absolute Gasteiger partial charge is 0.127 e. The van der Waals surface area contributed by atoms with E-state index in [2.05, 4.69) is 17.1 Å². The van der Waals surface area contributed by atoms with Crippen LogP contribution in [0.25, 0.3) is 0 Å². The molecule has 0 aromatic heterocycles. The van der Waals surface area contributed by atoms with E-state index in [1.165, 1.54) is 12.8 Å². The molecule has 1 heterocycles. The van der Waals surface area contributed by atoms with Gasteiger partial charge in [0, 0.05) is 18.7 Å². The number of nitrogens with one attached hydrogen (secondary N) is 1. The Morgan fingerprint density at radius 1 is 1.32 bits per heavy atom. The van der Waals surface area contributed by atoms with Crippen molar-refractivity contribution in [2.45, 2.75) is 33.2 Å². The highest BCUT2D eigenvalue weighted by Gasteiger charge is 2.17. The van der Waals surface area contributed by atoms with Crippen LogP contribution >= 0.6 is 0 Å². The van der Waals surface area contributed by atoms with Gasteiger partial charge in [0.1, 0.15) is 5.82 Å². The van der Waals surface area contributed by atoms with Crippen LogP contribution in [0.1, 0.15) is 30.9 Å². The minimum absolute atomic E-state index is 0.0747. The zero-order valence-corrected chi connectivity index (χ0v) is 12.1. The molecule has 0 amide bonds. The molecule has 19 heavy (non-hydrogen) atoms. The van der Waals surface area contributed by atoms with E-state index in [0.717, 1.165) is 49.8 Å². The number of rotatable bonds is 5. The molecule has 0 unspecified atom stereocenters. The van der Waals surface area contributed by atoms with Crippen LogP contribution in [-0.4, -0.2) is 31.1 Å². The second-order valence-corrected chi connectivity index (χ2v) is 5.62. The highest BCUT2D eigenvalue weighted by Crippen LogP contribution is 2.17. The lowest BCUT2D eigenvalue weighted by Crippen LogP contribution is -2.36. The molecule has 3 heteroatoms. The molecule has 2 nitrogen and oxygen atoms in total. The van der Waals surface area contributed by atoms with Crippen molar-refractivity contribution in [1.29, 1.82) is 0 Å². The van der Waals surface area contributed by atoms with E-state index in [9.17, 15) is 4.39 Å². The van der Waals surface area contributed by atoms with Crippen LogP contribution in [0.3, 0.4) is 0 Å². The molecule has 0 spiro atoms. The molecule has 106 valence electrons. The predicted molar refractivity (Wildman–Crippen MR) is 77.7 cm³/mol. The Bertz CT molecular complexity index is 400. The third-order valence-corrected chi connectivity index (χ3v) is 4.02. The Balaban J connectivity index is 1.95. The van der Waals surface area contributed by atoms with Gasteiger partial charge in [0.25, 0.3) is 0 Å². The maximum Gasteiger partial charge on any atom is 0.127 e. The summed E-state index contributed by atoms with van der Waals surface area (Å²) in [6, 6.07) is 5.39. The van der Waals surface area contributed by atoms with Crippen LogP contribution < -0.4 is 5.32 Å². The number of hydrogen-bond donors (Lipinski definition) is 1. The van der Waals surface area contributed by atoms with Crippen molar-refractivity contribution in [1.82, 2.24) is 10.2 Å². The Morgan fingerprint density at radius 3 is 2.74 bits per heavy atom. The molecule has 1 fully saturated rings. The highest BCUT2D eigenvalue weighted by molar-refractivity contribution is 5.23. The summed E-state index contributed by atoms with van der Waals surface area (Å²) in [5, 5.41) is 3.39. The van der Waals surface area contributed by atoms with Crippen molar-refractivity contribution < 1.29 is 4.39 Å². The second kappa shape index (κ2) is 7.01. The Hall–Kier alpha value is -0.930. The van der Waals surface area contributed by atoms with E-state index in [1.54, 1.807) is 6.07 Å². The quantitative estimate of drug-likeness (QED) is 0.879. The van der Waals surface area contributed by atoms with Gasteiger partial charge in [0.15, 0.2) is 0 Å². The van der Waals surface area contributed by atoms with Gasteiger partial charge in [-0.05, 0) is 51.4 Å². The van der Waals surface area contributed by atoms with Crippen molar-refractivity contribution in [3.05, 3.63) is 35.1 Å². The van der Waals surface area contributed by atoms with Crippen LogP contribution in [-0.2, 0) is 6.54 Å².